The predicted octanol–water partition coefficient (Wildman–Crippen LogP) is 2.24. The van der Waals surface area contributed by atoms with E-state index in [4.69, 9.17) is 9.47 Å². The molecule has 120 valence electrons. The number of hydrogen-bond acceptors (Lipinski definition) is 6. The molecule has 1 heterocycles. The normalized spacial score (nSPS) is 10.7. The van der Waals surface area contributed by atoms with Crippen LogP contribution in [0, 0.1) is 10.1 Å². The van der Waals surface area contributed by atoms with E-state index in [9.17, 15) is 14.9 Å². The number of methoxy groups -OCH3 is 2. The van der Waals surface area contributed by atoms with Gasteiger partial charge in [0, 0.05) is 18.7 Å². The second-order valence-corrected chi connectivity index (χ2v) is 4.60. The third-order valence-electron chi connectivity index (χ3n) is 3.09. The molecule has 0 spiro atoms. The summed E-state index contributed by atoms with van der Waals surface area (Å²) in [4.78, 5) is 22.4. The van der Waals surface area contributed by atoms with Crippen LogP contribution >= 0.6 is 0 Å². The highest BCUT2D eigenvalue weighted by Crippen LogP contribution is 2.26. The van der Waals surface area contributed by atoms with Crippen LogP contribution in [0.2, 0.25) is 0 Å². The number of ketones is 1. The Morgan fingerprint density at radius 3 is 2.70 bits per heavy atom. The molecular weight excluding hydrogens is 302 g/mol. The van der Waals surface area contributed by atoms with Gasteiger partial charge in [0.25, 0.3) is 0 Å². The van der Waals surface area contributed by atoms with E-state index >= 15 is 0 Å². The lowest BCUT2D eigenvalue weighted by Crippen LogP contribution is -2.01. The topological polar surface area (TPSA) is 96.5 Å². The summed E-state index contributed by atoms with van der Waals surface area (Å²) in [6.45, 7) is 0. The molecule has 0 aliphatic carbocycles. The van der Waals surface area contributed by atoms with Crippen LogP contribution in [-0.2, 0) is 7.05 Å². The number of carbonyl (C=O) groups is 1. The van der Waals surface area contributed by atoms with Crippen molar-refractivity contribution in [3.63, 3.8) is 0 Å². The molecule has 1 aromatic heterocycles. The van der Waals surface area contributed by atoms with E-state index in [1.807, 2.05) is 0 Å². The molecular formula is C15H15N3O5. The lowest BCUT2D eigenvalue weighted by atomic mass is 10.1. The number of nitrogens with zero attached hydrogens (tertiary/aromatic N) is 3. The number of benzene rings is 1. The summed E-state index contributed by atoms with van der Waals surface area (Å²) >= 11 is 0. The van der Waals surface area contributed by atoms with Gasteiger partial charge < -0.3 is 9.47 Å². The van der Waals surface area contributed by atoms with Crippen LogP contribution in [0.15, 0.2) is 30.5 Å². The first-order chi connectivity index (χ1) is 11.0. The molecule has 1 aromatic carbocycles. The number of aryl methyl sites for hydroxylation is 1. The van der Waals surface area contributed by atoms with Gasteiger partial charge in [-0.3, -0.25) is 19.6 Å². The van der Waals surface area contributed by atoms with Crippen molar-refractivity contribution < 1.29 is 19.2 Å². The molecule has 0 saturated carbocycles. The quantitative estimate of drug-likeness (QED) is 0.351. The Labute approximate surface area is 132 Å². The minimum Gasteiger partial charge on any atom is -0.497 e. The summed E-state index contributed by atoms with van der Waals surface area (Å²) < 4.78 is 11.5. The lowest BCUT2D eigenvalue weighted by molar-refractivity contribution is -0.385. The monoisotopic (exact) mass is 317 g/mol. The van der Waals surface area contributed by atoms with Gasteiger partial charge in [0.15, 0.2) is 0 Å². The molecule has 0 amide bonds. The van der Waals surface area contributed by atoms with Gasteiger partial charge in [-0.2, -0.15) is 5.10 Å². The number of hydrogen-bond donors (Lipinski definition) is 0. The SMILES string of the molecule is COc1ccc(/C=C/C(=O)c2nn(C)cc2[N+](=O)[O-])c(OC)c1. The van der Waals surface area contributed by atoms with Crippen molar-refractivity contribution in [2.24, 2.45) is 7.05 Å². The predicted molar refractivity (Wildman–Crippen MR) is 82.8 cm³/mol. The van der Waals surface area contributed by atoms with Crippen molar-refractivity contribution in [3.05, 3.63) is 51.8 Å². The molecule has 8 nitrogen and oxygen atoms in total. The summed E-state index contributed by atoms with van der Waals surface area (Å²) in [7, 11) is 4.55. The van der Waals surface area contributed by atoms with Crippen LogP contribution in [0.5, 0.6) is 11.5 Å². The molecule has 23 heavy (non-hydrogen) atoms. The van der Waals surface area contributed by atoms with E-state index < -0.39 is 10.7 Å². The fraction of sp³-hybridized carbons (Fsp3) is 0.200. The Bertz CT molecular complexity index is 779. The Morgan fingerprint density at radius 2 is 2.09 bits per heavy atom. The summed E-state index contributed by atoms with van der Waals surface area (Å²) in [6.07, 6.45) is 3.92. The highest BCUT2D eigenvalue weighted by Gasteiger charge is 2.23. The Balaban J connectivity index is 2.30. The zero-order valence-electron chi connectivity index (χ0n) is 12.8. The van der Waals surface area contributed by atoms with Crippen molar-refractivity contribution in [3.8, 4) is 11.5 Å². The van der Waals surface area contributed by atoms with E-state index in [0.29, 0.717) is 17.1 Å². The van der Waals surface area contributed by atoms with Crippen molar-refractivity contribution in [2.75, 3.05) is 14.2 Å². The largest absolute Gasteiger partial charge is 0.497 e. The highest BCUT2D eigenvalue weighted by molar-refractivity contribution is 6.08. The molecule has 0 unspecified atom stereocenters. The first kappa shape index (κ1) is 16.2. The van der Waals surface area contributed by atoms with Crippen molar-refractivity contribution in [1.29, 1.82) is 0 Å². The van der Waals surface area contributed by atoms with Crippen LogP contribution in [0.25, 0.3) is 6.08 Å². The standard InChI is InChI=1S/C15H15N3O5/c1-17-9-12(18(20)21)15(16-17)13(19)7-5-10-4-6-11(22-2)8-14(10)23-3/h4-9H,1-3H3/b7-5+. The summed E-state index contributed by atoms with van der Waals surface area (Å²) in [5.41, 5.74) is 0.102. The van der Waals surface area contributed by atoms with Crippen molar-refractivity contribution in [1.82, 2.24) is 9.78 Å². The number of ether oxygens (including phenoxy) is 2. The second-order valence-electron chi connectivity index (χ2n) is 4.60. The van der Waals surface area contributed by atoms with Gasteiger partial charge in [0.05, 0.1) is 19.1 Å². The fourth-order valence-corrected chi connectivity index (χ4v) is 1.99. The van der Waals surface area contributed by atoms with Crippen LogP contribution in [0.3, 0.4) is 0 Å². The zero-order chi connectivity index (χ0) is 17.0. The number of allylic oxidation sites excluding steroid dienone is 1. The molecule has 0 atom stereocenters. The molecule has 0 N–H and O–H groups in total. The van der Waals surface area contributed by atoms with Gasteiger partial charge in [-0.15, -0.1) is 0 Å². The van der Waals surface area contributed by atoms with E-state index in [1.54, 1.807) is 18.2 Å². The van der Waals surface area contributed by atoms with Crippen LogP contribution in [0.4, 0.5) is 5.69 Å². The maximum absolute atomic E-state index is 12.1. The van der Waals surface area contributed by atoms with Gasteiger partial charge >= 0.3 is 5.69 Å². The smallest absolute Gasteiger partial charge is 0.318 e. The van der Waals surface area contributed by atoms with Gasteiger partial charge in [-0.1, -0.05) is 0 Å². The molecule has 2 aromatic rings. The van der Waals surface area contributed by atoms with Crippen molar-refractivity contribution in [2.45, 2.75) is 0 Å². The minimum atomic E-state index is -0.637. The molecule has 8 heteroatoms. The van der Waals surface area contributed by atoms with Crippen LogP contribution < -0.4 is 9.47 Å². The van der Waals surface area contributed by atoms with Gasteiger partial charge in [-0.05, 0) is 24.3 Å². The Hall–Kier alpha value is -3.16. The fourth-order valence-electron chi connectivity index (χ4n) is 1.99. The number of nitro groups is 1. The van der Waals surface area contributed by atoms with E-state index in [1.165, 1.54) is 44.3 Å². The van der Waals surface area contributed by atoms with Gasteiger partial charge in [0.1, 0.15) is 17.7 Å². The molecule has 0 bridgehead atoms. The van der Waals surface area contributed by atoms with Gasteiger partial charge in [-0.25, -0.2) is 0 Å². The maximum atomic E-state index is 12.1. The molecule has 0 fully saturated rings. The third kappa shape index (κ3) is 3.54. The maximum Gasteiger partial charge on any atom is 0.318 e. The van der Waals surface area contributed by atoms with E-state index in [0.717, 1.165) is 0 Å². The van der Waals surface area contributed by atoms with Crippen LogP contribution in [-0.4, -0.2) is 34.7 Å². The molecule has 0 saturated heterocycles. The molecule has 2 rings (SSSR count). The first-order valence-corrected chi connectivity index (χ1v) is 6.58. The molecule has 0 radical (unpaired) electrons. The van der Waals surface area contributed by atoms with Crippen LogP contribution in [0.1, 0.15) is 16.1 Å². The summed E-state index contributed by atoms with van der Waals surface area (Å²) in [6, 6.07) is 5.11. The zero-order valence-corrected chi connectivity index (χ0v) is 12.8. The van der Waals surface area contributed by atoms with Crippen molar-refractivity contribution >= 4 is 17.5 Å². The summed E-state index contributed by atoms with van der Waals surface area (Å²) in [5.74, 6) is 0.574. The lowest BCUT2D eigenvalue weighted by Gasteiger charge is -2.06. The number of rotatable bonds is 6. The average Bonchev–Trinajstić information content (AvgIpc) is 2.94. The molecule has 0 aliphatic heterocycles. The highest BCUT2D eigenvalue weighted by atomic mass is 16.6. The van der Waals surface area contributed by atoms with E-state index in [-0.39, 0.29) is 11.4 Å². The Kier molecular flexibility index (Phi) is 4.75. The third-order valence-corrected chi connectivity index (χ3v) is 3.09. The van der Waals surface area contributed by atoms with Gasteiger partial charge in [0.2, 0.25) is 11.5 Å². The number of carbonyl (C=O) groups excluding carboxylic acids is 1. The first-order valence-electron chi connectivity index (χ1n) is 6.58. The average molecular weight is 317 g/mol. The molecule has 0 aliphatic rings. The second kappa shape index (κ2) is 6.73. The number of aromatic nitrogens is 2. The van der Waals surface area contributed by atoms with E-state index in [2.05, 4.69) is 5.10 Å². The Morgan fingerprint density at radius 1 is 1.35 bits per heavy atom. The summed E-state index contributed by atoms with van der Waals surface area (Å²) in [5, 5.41) is 14.8. The minimum absolute atomic E-state index is 0.207.